The van der Waals surface area contributed by atoms with E-state index in [2.05, 4.69) is 20.3 Å². The highest BCUT2D eigenvalue weighted by Crippen LogP contribution is 2.11. The summed E-state index contributed by atoms with van der Waals surface area (Å²) in [5.41, 5.74) is 0. The van der Waals surface area contributed by atoms with Gasteiger partial charge < -0.3 is 0 Å². The number of halogens is 1. The van der Waals surface area contributed by atoms with Crippen LogP contribution in [0, 0.1) is 6.42 Å². The van der Waals surface area contributed by atoms with Gasteiger partial charge in [-0.25, -0.2) is 0 Å². The molecule has 0 heterocycles. The Morgan fingerprint density at radius 2 is 2.11 bits per heavy atom. The predicted molar refractivity (Wildman–Crippen MR) is 43.8 cm³/mol. The van der Waals surface area contributed by atoms with E-state index in [9.17, 15) is 0 Å². The molecule has 0 nitrogen and oxygen atoms in total. The van der Waals surface area contributed by atoms with Crippen LogP contribution >= 0.6 is 11.6 Å². The van der Waals surface area contributed by atoms with E-state index in [1.165, 1.54) is 6.42 Å². The van der Waals surface area contributed by atoms with Crippen molar-refractivity contribution in [2.45, 2.75) is 44.9 Å². The van der Waals surface area contributed by atoms with Crippen molar-refractivity contribution in [3.8, 4) is 0 Å². The summed E-state index contributed by atoms with van der Waals surface area (Å²) in [5, 5.41) is 0.384. The van der Waals surface area contributed by atoms with Crippen LogP contribution in [-0.4, -0.2) is 5.38 Å². The molecule has 0 saturated carbocycles. The maximum absolute atomic E-state index is 5.93. The van der Waals surface area contributed by atoms with Crippen molar-refractivity contribution in [3.63, 3.8) is 0 Å². The van der Waals surface area contributed by atoms with Crippen molar-refractivity contribution in [1.82, 2.24) is 0 Å². The van der Waals surface area contributed by atoms with E-state index < -0.39 is 0 Å². The maximum atomic E-state index is 5.93. The number of alkyl halides is 1. The minimum atomic E-state index is 0.384. The van der Waals surface area contributed by atoms with Gasteiger partial charge in [0.2, 0.25) is 0 Å². The second kappa shape index (κ2) is 6.41. The topological polar surface area (TPSA) is 0 Å². The predicted octanol–water partition coefficient (Wildman–Crippen LogP) is 3.40. The molecular formula is C8H16Cl. The van der Waals surface area contributed by atoms with Gasteiger partial charge in [0.05, 0.1) is 0 Å². The quantitative estimate of drug-likeness (QED) is 0.523. The smallest absolute Gasteiger partial charge is 0.0338 e. The van der Waals surface area contributed by atoms with Gasteiger partial charge in [0.25, 0.3) is 0 Å². The fourth-order valence-electron chi connectivity index (χ4n) is 0.779. The summed E-state index contributed by atoms with van der Waals surface area (Å²) in [6.45, 7) is 4.32. The summed E-state index contributed by atoms with van der Waals surface area (Å²) < 4.78 is 0. The fraction of sp³-hybridized carbons (Fsp3) is 0.875. The molecule has 0 aromatic heterocycles. The summed E-state index contributed by atoms with van der Waals surface area (Å²) in [5.74, 6) is 0. The number of rotatable bonds is 5. The summed E-state index contributed by atoms with van der Waals surface area (Å²) in [6.07, 6.45) is 6.82. The SMILES string of the molecule is CC[CH]CC(Cl)CCC. The van der Waals surface area contributed by atoms with Crippen LogP contribution in [0.15, 0.2) is 0 Å². The Morgan fingerprint density at radius 3 is 2.56 bits per heavy atom. The fourth-order valence-corrected chi connectivity index (χ4v) is 1.12. The van der Waals surface area contributed by atoms with Crippen molar-refractivity contribution >= 4 is 11.6 Å². The highest BCUT2D eigenvalue weighted by atomic mass is 35.5. The van der Waals surface area contributed by atoms with Crippen LogP contribution in [-0.2, 0) is 0 Å². The third-order valence-corrected chi connectivity index (χ3v) is 1.71. The van der Waals surface area contributed by atoms with Crippen molar-refractivity contribution in [1.29, 1.82) is 0 Å². The van der Waals surface area contributed by atoms with Gasteiger partial charge in [0, 0.05) is 5.38 Å². The Hall–Kier alpha value is 0.290. The summed E-state index contributed by atoms with van der Waals surface area (Å²) in [4.78, 5) is 0. The first-order valence-corrected chi connectivity index (χ1v) is 4.20. The third kappa shape index (κ3) is 6.17. The number of hydrogen-bond donors (Lipinski definition) is 0. The molecule has 0 aromatic carbocycles. The van der Waals surface area contributed by atoms with Crippen LogP contribution in [0.3, 0.4) is 0 Å². The second-order valence-electron chi connectivity index (χ2n) is 2.32. The van der Waals surface area contributed by atoms with E-state index in [4.69, 9.17) is 11.6 Å². The molecule has 9 heavy (non-hydrogen) atoms. The maximum Gasteiger partial charge on any atom is 0.0338 e. The molecule has 0 fully saturated rings. The molecule has 0 saturated heterocycles. The molecule has 0 amide bonds. The van der Waals surface area contributed by atoms with E-state index in [0.717, 1.165) is 19.3 Å². The highest BCUT2D eigenvalue weighted by molar-refractivity contribution is 6.20. The molecule has 0 aliphatic rings. The molecule has 1 radical (unpaired) electrons. The Morgan fingerprint density at radius 1 is 1.44 bits per heavy atom. The van der Waals surface area contributed by atoms with E-state index in [1.807, 2.05) is 0 Å². The third-order valence-electron chi connectivity index (χ3n) is 1.31. The minimum Gasteiger partial charge on any atom is -0.123 e. The van der Waals surface area contributed by atoms with Gasteiger partial charge in [-0.05, 0) is 19.3 Å². The van der Waals surface area contributed by atoms with Gasteiger partial charge in [-0.15, -0.1) is 11.6 Å². The molecule has 0 aliphatic carbocycles. The van der Waals surface area contributed by atoms with E-state index in [0.29, 0.717) is 5.38 Å². The van der Waals surface area contributed by atoms with Gasteiger partial charge in [-0.3, -0.25) is 0 Å². The molecule has 1 heteroatoms. The lowest BCUT2D eigenvalue weighted by atomic mass is 10.1. The molecule has 0 aliphatic heterocycles. The normalized spacial score (nSPS) is 13.7. The number of hydrogen-bond acceptors (Lipinski definition) is 0. The standard InChI is InChI=1S/C8H16Cl/c1-3-5-7-8(9)6-4-2/h5,8H,3-4,6-7H2,1-2H3. The van der Waals surface area contributed by atoms with Crippen LogP contribution in [0.2, 0.25) is 0 Å². The summed E-state index contributed by atoms with van der Waals surface area (Å²) in [7, 11) is 0. The summed E-state index contributed by atoms with van der Waals surface area (Å²) in [6, 6.07) is 0. The number of unbranched alkanes of at least 4 members (excludes halogenated alkanes) is 1. The van der Waals surface area contributed by atoms with Crippen molar-refractivity contribution in [2.75, 3.05) is 0 Å². The average Bonchev–Trinajstić information content (AvgIpc) is 1.85. The van der Waals surface area contributed by atoms with Crippen LogP contribution in [0.25, 0.3) is 0 Å². The molecule has 0 bridgehead atoms. The Balaban J connectivity index is 2.95. The molecular weight excluding hydrogens is 132 g/mol. The molecule has 0 spiro atoms. The zero-order chi connectivity index (χ0) is 7.11. The first-order valence-electron chi connectivity index (χ1n) is 3.77. The van der Waals surface area contributed by atoms with Crippen molar-refractivity contribution in [2.24, 2.45) is 0 Å². The minimum absolute atomic E-state index is 0.384. The highest BCUT2D eigenvalue weighted by Gasteiger charge is 2.00. The lowest BCUT2D eigenvalue weighted by molar-refractivity contribution is 0.707. The van der Waals surface area contributed by atoms with Crippen LogP contribution in [0.4, 0.5) is 0 Å². The molecule has 0 rings (SSSR count). The van der Waals surface area contributed by atoms with Crippen molar-refractivity contribution in [3.05, 3.63) is 6.42 Å². The van der Waals surface area contributed by atoms with E-state index in [1.54, 1.807) is 0 Å². The monoisotopic (exact) mass is 147 g/mol. The van der Waals surface area contributed by atoms with Gasteiger partial charge in [-0.2, -0.15) is 0 Å². The second-order valence-corrected chi connectivity index (χ2v) is 2.94. The lowest BCUT2D eigenvalue weighted by Crippen LogP contribution is -1.96. The van der Waals surface area contributed by atoms with Crippen LogP contribution < -0.4 is 0 Å². The van der Waals surface area contributed by atoms with Crippen LogP contribution in [0.1, 0.15) is 39.5 Å². The van der Waals surface area contributed by atoms with Gasteiger partial charge in [-0.1, -0.05) is 26.7 Å². The first-order chi connectivity index (χ1) is 4.31. The molecule has 0 N–H and O–H groups in total. The molecule has 1 atom stereocenters. The van der Waals surface area contributed by atoms with E-state index in [-0.39, 0.29) is 0 Å². The van der Waals surface area contributed by atoms with Gasteiger partial charge >= 0.3 is 0 Å². The van der Waals surface area contributed by atoms with Gasteiger partial charge in [0.1, 0.15) is 0 Å². The largest absolute Gasteiger partial charge is 0.123 e. The van der Waals surface area contributed by atoms with Gasteiger partial charge in [0.15, 0.2) is 0 Å². The molecule has 55 valence electrons. The first kappa shape index (κ1) is 9.29. The van der Waals surface area contributed by atoms with Crippen molar-refractivity contribution < 1.29 is 0 Å². The zero-order valence-electron chi connectivity index (χ0n) is 6.36. The van der Waals surface area contributed by atoms with E-state index >= 15 is 0 Å². The Kier molecular flexibility index (Phi) is 6.62. The lowest BCUT2D eigenvalue weighted by Gasteiger charge is -2.04. The molecule has 1 unspecified atom stereocenters. The average molecular weight is 148 g/mol. The van der Waals surface area contributed by atoms with Crippen LogP contribution in [0.5, 0.6) is 0 Å². The summed E-state index contributed by atoms with van der Waals surface area (Å²) >= 11 is 5.93. The zero-order valence-corrected chi connectivity index (χ0v) is 7.12. The Labute approximate surface area is 63.6 Å². The molecule has 0 aromatic rings. The Bertz CT molecular complexity index is 52.5.